The van der Waals surface area contributed by atoms with E-state index in [4.69, 9.17) is 0 Å². The predicted molar refractivity (Wildman–Crippen MR) is 59.4 cm³/mol. The van der Waals surface area contributed by atoms with Crippen LogP contribution < -0.4 is 0 Å². The van der Waals surface area contributed by atoms with Crippen LogP contribution in [0.4, 0.5) is 0 Å². The molecule has 0 amide bonds. The van der Waals surface area contributed by atoms with Crippen LogP contribution in [0.2, 0.25) is 0 Å². The van der Waals surface area contributed by atoms with Crippen molar-refractivity contribution in [1.82, 2.24) is 0 Å². The summed E-state index contributed by atoms with van der Waals surface area (Å²) >= 11 is 1.87. The Labute approximate surface area is 106 Å². The van der Waals surface area contributed by atoms with Gasteiger partial charge >= 0.3 is 81.6 Å². The molecule has 0 saturated carbocycles. The zero-order valence-corrected chi connectivity index (χ0v) is 12.6. The maximum absolute atomic E-state index is 2.32. The van der Waals surface area contributed by atoms with Crippen molar-refractivity contribution in [3.63, 3.8) is 0 Å². The van der Waals surface area contributed by atoms with Gasteiger partial charge in [0, 0.05) is 0 Å². The minimum atomic E-state index is 0. The summed E-state index contributed by atoms with van der Waals surface area (Å²) in [5.74, 6) is 0. The molecule has 0 aromatic heterocycles. The monoisotopic (exact) mass is 300 g/mol. The zero-order valence-electron chi connectivity index (χ0n) is 8.76. The van der Waals surface area contributed by atoms with E-state index in [1.54, 1.807) is 9.36 Å². The average molecular weight is 301 g/mol. The minimum absolute atomic E-state index is 0. The molecule has 13 heavy (non-hydrogen) atoms. The van der Waals surface area contributed by atoms with Crippen LogP contribution in [0.1, 0.15) is 34.6 Å². The molecule has 1 aliphatic rings. The number of halogens is 2. The van der Waals surface area contributed by atoms with Gasteiger partial charge in [0.05, 0.1) is 0 Å². The van der Waals surface area contributed by atoms with Crippen molar-refractivity contribution in [3.05, 3.63) is 20.5 Å². The first kappa shape index (κ1) is 16.2. The van der Waals surface area contributed by atoms with Gasteiger partial charge in [-0.3, -0.25) is 0 Å². The second-order valence-electron chi connectivity index (χ2n) is 3.85. The van der Waals surface area contributed by atoms with Gasteiger partial charge in [-0.1, -0.05) is 0 Å². The Bertz CT molecular complexity index is 236. The van der Waals surface area contributed by atoms with Gasteiger partial charge in [-0.05, 0) is 0 Å². The van der Waals surface area contributed by atoms with Crippen molar-refractivity contribution in [2.45, 2.75) is 34.6 Å². The fourth-order valence-corrected chi connectivity index (χ4v) is 2.40. The molecule has 3 heteroatoms. The summed E-state index contributed by atoms with van der Waals surface area (Å²) < 4.78 is 1.58. The van der Waals surface area contributed by atoms with E-state index in [9.17, 15) is 0 Å². The number of rotatable bonds is 0. The van der Waals surface area contributed by atoms with Crippen LogP contribution in [0.15, 0.2) is 20.5 Å². The minimum Gasteiger partial charge on any atom is -0.147 e. The van der Waals surface area contributed by atoms with Crippen molar-refractivity contribution in [2.24, 2.45) is 5.41 Å². The SMILES string of the molecule is CC1=C(C)C(C)(C)[C]([Nb])=C1C.Cl.Cl. The molecule has 1 aliphatic carbocycles. The second kappa shape index (κ2) is 5.04. The van der Waals surface area contributed by atoms with Crippen LogP contribution in [0.3, 0.4) is 0 Å². The third kappa shape index (κ3) is 2.43. The molecule has 0 aliphatic heterocycles. The van der Waals surface area contributed by atoms with Crippen LogP contribution in [-0.2, 0) is 21.1 Å². The molecule has 0 saturated heterocycles. The van der Waals surface area contributed by atoms with Crippen molar-refractivity contribution in [1.29, 1.82) is 0 Å². The Morgan fingerprint density at radius 3 is 1.38 bits per heavy atom. The average Bonchev–Trinajstić information content (AvgIpc) is 2.06. The molecular formula is C10H17Cl2Nb. The maximum atomic E-state index is 2.32. The van der Waals surface area contributed by atoms with Gasteiger partial charge < -0.3 is 0 Å². The van der Waals surface area contributed by atoms with Gasteiger partial charge in [0.15, 0.2) is 0 Å². The summed E-state index contributed by atoms with van der Waals surface area (Å²) in [5, 5.41) is 0. The first-order valence-electron chi connectivity index (χ1n) is 3.97. The zero-order chi connectivity index (χ0) is 8.81. The third-order valence-electron chi connectivity index (χ3n) is 3.01. The van der Waals surface area contributed by atoms with Crippen LogP contribution in [0.5, 0.6) is 0 Å². The molecule has 0 spiro atoms. The molecule has 76 valence electrons. The Morgan fingerprint density at radius 1 is 0.923 bits per heavy atom. The van der Waals surface area contributed by atoms with Crippen LogP contribution >= 0.6 is 24.8 Å². The summed E-state index contributed by atoms with van der Waals surface area (Å²) in [6.45, 7) is 11.4. The van der Waals surface area contributed by atoms with Gasteiger partial charge in [-0.25, -0.2) is 0 Å². The molecule has 0 bridgehead atoms. The molecule has 0 aromatic rings. The number of hydrogen-bond acceptors (Lipinski definition) is 0. The maximum Gasteiger partial charge on any atom is -0.147 e. The molecule has 1 rings (SSSR count). The van der Waals surface area contributed by atoms with Crippen molar-refractivity contribution >= 4 is 24.8 Å². The molecular weight excluding hydrogens is 284 g/mol. The van der Waals surface area contributed by atoms with E-state index in [1.807, 2.05) is 21.1 Å². The molecule has 0 heterocycles. The summed E-state index contributed by atoms with van der Waals surface area (Å²) in [7, 11) is 0. The second-order valence-corrected chi connectivity index (χ2v) is 4.95. The smallest absolute Gasteiger partial charge is 0.147 e. The number of hydrogen-bond donors (Lipinski definition) is 0. The van der Waals surface area contributed by atoms with Crippen molar-refractivity contribution < 1.29 is 21.1 Å². The Kier molecular flexibility index (Phi) is 6.30. The van der Waals surface area contributed by atoms with E-state index >= 15 is 0 Å². The van der Waals surface area contributed by atoms with Crippen molar-refractivity contribution in [3.8, 4) is 0 Å². The van der Waals surface area contributed by atoms with Gasteiger partial charge in [-0.2, -0.15) is 0 Å². The molecule has 0 nitrogen and oxygen atoms in total. The summed E-state index contributed by atoms with van der Waals surface area (Å²) in [4.78, 5) is 0. The van der Waals surface area contributed by atoms with Gasteiger partial charge in [0.25, 0.3) is 0 Å². The van der Waals surface area contributed by atoms with E-state index in [0.717, 1.165) is 0 Å². The molecule has 0 fully saturated rings. The van der Waals surface area contributed by atoms with Crippen LogP contribution in [0.25, 0.3) is 0 Å². The summed E-state index contributed by atoms with van der Waals surface area (Å²) in [5.41, 5.74) is 4.90. The number of allylic oxidation sites excluding steroid dienone is 4. The standard InChI is InChI=1S/C10H15.2ClH.Nb/c1-7-6-10(4,5)9(3)8(7)2;;;/h1-5H3;2*1H;. The largest absolute Gasteiger partial charge is 0.147 e. The summed E-state index contributed by atoms with van der Waals surface area (Å²) in [6, 6.07) is 0. The first-order chi connectivity index (χ1) is 4.89. The molecule has 0 unspecified atom stereocenters. The van der Waals surface area contributed by atoms with Gasteiger partial charge in [0.1, 0.15) is 0 Å². The molecule has 0 radical (unpaired) electrons. The quantitative estimate of drug-likeness (QED) is 0.593. The van der Waals surface area contributed by atoms with Crippen LogP contribution in [0, 0.1) is 5.41 Å². The van der Waals surface area contributed by atoms with Crippen LogP contribution in [-0.4, -0.2) is 0 Å². The Morgan fingerprint density at radius 2 is 1.31 bits per heavy atom. The first-order valence-corrected chi connectivity index (χ1v) is 5.07. The van der Waals surface area contributed by atoms with E-state index in [-0.39, 0.29) is 24.8 Å². The van der Waals surface area contributed by atoms with E-state index in [1.165, 1.54) is 11.1 Å². The molecule has 0 N–H and O–H groups in total. The topological polar surface area (TPSA) is 0 Å². The fourth-order valence-electron chi connectivity index (χ4n) is 1.57. The van der Waals surface area contributed by atoms with E-state index < -0.39 is 0 Å². The normalized spacial score (nSPS) is 19.8. The molecule has 0 atom stereocenters. The van der Waals surface area contributed by atoms with Gasteiger partial charge in [0.2, 0.25) is 0 Å². The summed E-state index contributed by atoms with van der Waals surface area (Å²) in [6.07, 6.45) is 0. The van der Waals surface area contributed by atoms with Crippen molar-refractivity contribution in [2.75, 3.05) is 0 Å². The van der Waals surface area contributed by atoms with E-state index in [0.29, 0.717) is 5.41 Å². The Balaban J connectivity index is 0. The van der Waals surface area contributed by atoms with E-state index in [2.05, 4.69) is 34.6 Å². The Hall–Kier alpha value is 0.800. The third-order valence-corrected chi connectivity index (χ3v) is 5.21. The molecule has 0 aromatic carbocycles. The fraction of sp³-hybridized carbons (Fsp3) is 0.600. The van der Waals surface area contributed by atoms with Gasteiger partial charge in [-0.15, -0.1) is 24.8 Å². The predicted octanol–water partition coefficient (Wildman–Crippen LogP) is 4.03.